The second-order valence-electron chi connectivity index (χ2n) is 17.7. The Kier molecular flexibility index (Phi) is 17.6. The van der Waals surface area contributed by atoms with Crippen LogP contribution in [0.2, 0.25) is 10.0 Å². The summed E-state index contributed by atoms with van der Waals surface area (Å²) in [6.45, 7) is 5.27. The number of halogens is 2. The van der Waals surface area contributed by atoms with Gasteiger partial charge in [0.05, 0.1) is 25.7 Å². The molecule has 2 aliphatic heterocycles. The number of rotatable bonds is 18. The smallest absolute Gasteiger partial charge is 0.407 e. The lowest BCUT2D eigenvalue weighted by atomic mass is 10.0. The number of fused-ring (bicyclic) bond motifs is 1. The molecule has 19 heteroatoms. The van der Waals surface area contributed by atoms with E-state index >= 15 is 0 Å². The minimum atomic E-state index is -1.07. The van der Waals surface area contributed by atoms with Crippen molar-refractivity contribution in [1.82, 2.24) is 20.5 Å². The number of benzene rings is 5. The average molecular weight is 1100 g/mol. The van der Waals surface area contributed by atoms with Crippen LogP contribution in [-0.4, -0.2) is 79.8 Å². The summed E-state index contributed by atoms with van der Waals surface area (Å²) >= 11 is 22.0. The average Bonchev–Trinajstić information content (AvgIpc) is 3.85. The topological polar surface area (TPSA) is 165 Å². The van der Waals surface area contributed by atoms with Gasteiger partial charge in [0.15, 0.2) is 17.3 Å². The first kappa shape index (κ1) is 53.1. The molecule has 6 aromatic rings. The molecule has 2 aliphatic rings. The van der Waals surface area contributed by atoms with Gasteiger partial charge in [-0.2, -0.15) is 0 Å². The largest absolute Gasteiger partial charge is 0.452 e. The van der Waals surface area contributed by atoms with Crippen LogP contribution >= 0.6 is 70.3 Å². The van der Waals surface area contributed by atoms with Crippen molar-refractivity contribution in [2.75, 3.05) is 23.4 Å². The highest BCUT2D eigenvalue weighted by Crippen LogP contribution is 2.46. The number of hydrogen-bond donors (Lipinski definition) is 3. The predicted octanol–water partition coefficient (Wildman–Crippen LogP) is 11.3. The fourth-order valence-electron chi connectivity index (χ4n) is 7.91. The number of thioether (sulfide) groups is 2. The maximum absolute atomic E-state index is 14.8. The first-order chi connectivity index (χ1) is 35.1. The van der Waals surface area contributed by atoms with Gasteiger partial charge in [0.1, 0.15) is 28.6 Å². The van der Waals surface area contributed by atoms with E-state index in [1.807, 2.05) is 121 Å². The molecule has 0 aliphatic carbocycles. The van der Waals surface area contributed by atoms with Gasteiger partial charge in [-0.15, -0.1) is 23.5 Å². The third-order valence-electron chi connectivity index (χ3n) is 11.3. The highest BCUT2D eigenvalue weighted by Gasteiger charge is 2.55. The number of amides is 3. The van der Waals surface area contributed by atoms with Crippen molar-refractivity contribution in [3.63, 3.8) is 0 Å². The highest BCUT2D eigenvalue weighted by atomic mass is 35.5. The van der Waals surface area contributed by atoms with Crippen LogP contribution in [0.5, 0.6) is 0 Å². The molecule has 1 saturated heterocycles. The van der Waals surface area contributed by atoms with E-state index in [4.69, 9.17) is 49.6 Å². The number of esters is 2. The van der Waals surface area contributed by atoms with Gasteiger partial charge < -0.3 is 30.2 Å². The van der Waals surface area contributed by atoms with Gasteiger partial charge in [0.2, 0.25) is 5.91 Å². The first-order valence-corrected chi connectivity index (χ1v) is 27.0. The lowest BCUT2D eigenvalue weighted by molar-refractivity contribution is -0.154. The van der Waals surface area contributed by atoms with E-state index in [1.165, 1.54) is 28.4 Å². The molecule has 0 saturated carbocycles. The number of ether oxygens (including phenoxy) is 3. The molecule has 8 rings (SSSR count). The maximum Gasteiger partial charge on any atom is 0.407 e. The zero-order valence-corrected chi connectivity index (χ0v) is 44.4. The number of thiocarbonyl (C=S) groups is 1. The minimum absolute atomic E-state index is 0.00290. The lowest BCUT2D eigenvalue weighted by Gasteiger charge is -2.49. The Morgan fingerprint density at radius 3 is 1.92 bits per heavy atom. The van der Waals surface area contributed by atoms with E-state index in [1.54, 1.807) is 45.2 Å². The van der Waals surface area contributed by atoms with Crippen molar-refractivity contribution in [2.24, 2.45) is 5.92 Å². The molecule has 3 atom stereocenters. The first-order valence-electron chi connectivity index (χ1n) is 23.0. The standard InChI is InChI=1S/C54H49Cl2N5O8S4/c1-54(2,3)69-53(66)57-27-26-37(50(64)67-45(32-16-8-4-9-17-32)33-18-10-5-11-19-33)47(70)60-52-58-29-41(73-52)38-30-72-49-43(59-42(62)31-71-36-24-25-39(55)40(56)28-36)48(63)61(49)44(38)51(65)68-46(34-20-12-6-13-21-34)35-22-14-7-15-23-35/h4-25,28-29,37,43,45-46,49H,26-27,30-31H2,1-3H3,(H,57,66)(H,59,62)(H,58,60,70). The van der Waals surface area contributed by atoms with Crippen molar-refractivity contribution in [3.05, 3.63) is 189 Å². The van der Waals surface area contributed by atoms with Gasteiger partial charge in [-0.3, -0.25) is 19.3 Å². The van der Waals surface area contributed by atoms with E-state index in [0.29, 0.717) is 25.6 Å². The number of nitrogens with zero attached hydrogens (tertiary/aromatic N) is 2. The lowest BCUT2D eigenvalue weighted by Crippen LogP contribution is -2.70. The van der Waals surface area contributed by atoms with Crippen molar-refractivity contribution < 1.29 is 38.2 Å². The SMILES string of the molecule is CC(C)(C)OC(=O)NCCC(C(=O)OC(c1ccccc1)c1ccccc1)C(=S)Nc1ncc(C2=C(C(=O)OC(c3ccccc3)c3ccccc3)N3C(=O)C(NC(=O)CSc4ccc(Cl)c(Cl)c4)C3SC2)s1. The number of alkyl carbamates (subject to hydrolysis) is 1. The minimum Gasteiger partial charge on any atom is -0.452 e. The number of anilines is 1. The van der Waals surface area contributed by atoms with Gasteiger partial charge in [-0.25, -0.2) is 14.6 Å². The summed E-state index contributed by atoms with van der Waals surface area (Å²) in [4.78, 5) is 76.8. The third-order valence-corrected chi connectivity index (χ3v) is 15.7. The molecule has 1 aromatic heterocycles. The van der Waals surface area contributed by atoms with Gasteiger partial charge in [0, 0.05) is 29.0 Å². The van der Waals surface area contributed by atoms with Crippen LogP contribution in [0, 0.1) is 5.92 Å². The Morgan fingerprint density at radius 1 is 0.808 bits per heavy atom. The molecule has 0 spiro atoms. The Labute approximate surface area is 450 Å². The van der Waals surface area contributed by atoms with E-state index < -0.39 is 59.1 Å². The second-order valence-corrected chi connectivity index (χ2v) is 22.1. The number of β-lactam (4-membered cyclic amide) rings is 1. The summed E-state index contributed by atoms with van der Waals surface area (Å²) in [6, 6.07) is 41.4. The number of carbonyl (C=O) groups is 5. The fourth-order valence-corrected chi connectivity index (χ4v) is 11.7. The Balaban J connectivity index is 1.06. The van der Waals surface area contributed by atoms with Gasteiger partial charge in [-0.1, -0.05) is 168 Å². The summed E-state index contributed by atoms with van der Waals surface area (Å²) in [7, 11) is 0. The van der Waals surface area contributed by atoms with Crippen LogP contribution in [0.3, 0.4) is 0 Å². The van der Waals surface area contributed by atoms with Crippen LogP contribution < -0.4 is 16.0 Å². The van der Waals surface area contributed by atoms with Crippen LogP contribution in [0.4, 0.5) is 9.93 Å². The molecule has 13 nitrogen and oxygen atoms in total. The molecule has 0 bridgehead atoms. The van der Waals surface area contributed by atoms with E-state index in [9.17, 15) is 24.0 Å². The van der Waals surface area contributed by atoms with Crippen LogP contribution in [0.25, 0.3) is 5.57 Å². The number of thiazole rings is 1. The molecule has 3 amide bonds. The summed E-state index contributed by atoms with van der Waals surface area (Å²) in [6.07, 6.45) is -0.645. The monoisotopic (exact) mass is 1090 g/mol. The van der Waals surface area contributed by atoms with Crippen LogP contribution in [0.1, 0.15) is 66.5 Å². The molecule has 3 heterocycles. The number of nitrogens with one attached hydrogen (secondary N) is 3. The van der Waals surface area contributed by atoms with Crippen LogP contribution in [-0.2, 0) is 33.4 Å². The van der Waals surface area contributed by atoms with E-state index in [-0.39, 0.29) is 41.1 Å². The third kappa shape index (κ3) is 13.5. The molecule has 3 N–H and O–H groups in total. The van der Waals surface area contributed by atoms with Crippen molar-refractivity contribution in [3.8, 4) is 0 Å². The van der Waals surface area contributed by atoms with Gasteiger partial charge in [-0.05, 0) is 67.6 Å². The summed E-state index contributed by atoms with van der Waals surface area (Å²) in [5, 5.41) is 9.14. The summed E-state index contributed by atoms with van der Waals surface area (Å²) < 4.78 is 18.1. The molecule has 5 aromatic carbocycles. The predicted molar refractivity (Wildman–Crippen MR) is 291 cm³/mol. The summed E-state index contributed by atoms with van der Waals surface area (Å²) in [5.41, 5.74) is 2.68. The normalized spacial score (nSPS) is 15.7. The number of aromatic nitrogens is 1. The molecular formula is C54H49Cl2N5O8S4. The second kappa shape index (κ2) is 24.2. The van der Waals surface area contributed by atoms with Crippen molar-refractivity contribution >= 4 is 116 Å². The quantitative estimate of drug-likeness (QED) is 0.0245. The van der Waals surface area contributed by atoms with E-state index in [2.05, 4.69) is 20.9 Å². The molecule has 1 fully saturated rings. The molecular weight excluding hydrogens is 1050 g/mol. The van der Waals surface area contributed by atoms with E-state index in [0.717, 1.165) is 38.5 Å². The Hall–Kier alpha value is -6.21. The van der Waals surface area contributed by atoms with Crippen molar-refractivity contribution in [2.45, 2.75) is 61.3 Å². The van der Waals surface area contributed by atoms with Crippen LogP contribution in [0.15, 0.2) is 156 Å². The maximum atomic E-state index is 14.8. The zero-order chi connectivity index (χ0) is 51.6. The molecule has 73 heavy (non-hydrogen) atoms. The molecule has 376 valence electrons. The number of carbonyl (C=O) groups excluding carboxylic acids is 5. The Bertz CT molecular complexity index is 2920. The van der Waals surface area contributed by atoms with Gasteiger partial charge in [0.25, 0.3) is 5.91 Å². The number of hydrogen-bond acceptors (Lipinski definition) is 13. The molecule has 3 unspecified atom stereocenters. The fraction of sp³-hybridized carbons (Fsp3) is 0.241. The molecule has 0 radical (unpaired) electrons. The summed E-state index contributed by atoms with van der Waals surface area (Å²) in [5.74, 6) is -3.08. The van der Waals surface area contributed by atoms with Crippen molar-refractivity contribution in [1.29, 1.82) is 0 Å². The van der Waals surface area contributed by atoms with Gasteiger partial charge >= 0.3 is 18.0 Å². The zero-order valence-electron chi connectivity index (χ0n) is 39.6. The highest BCUT2D eigenvalue weighted by molar-refractivity contribution is 8.00. The Morgan fingerprint density at radius 2 is 1.37 bits per heavy atom.